The molecule has 0 bridgehead atoms. The van der Waals surface area contributed by atoms with E-state index in [1.807, 2.05) is 0 Å². The van der Waals surface area contributed by atoms with E-state index in [1.165, 1.54) is 64.3 Å². The summed E-state index contributed by atoms with van der Waals surface area (Å²) in [6, 6.07) is 0. The lowest BCUT2D eigenvalue weighted by molar-refractivity contribution is 0.165. The molecule has 2 rings (SSSR count). The summed E-state index contributed by atoms with van der Waals surface area (Å²) < 4.78 is 0. The van der Waals surface area contributed by atoms with Gasteiger partial charge in [-0.2, -0.15) is 0 Å². The molecule has 0 spiro atoms. The van der Waals surface area contributed by atoms with Crippen molar-refractivity contribution in [3.8, 4) is 0 Å². The molecule has 1 unspecified atom stereocenters. The Kier molecular flexibility index (Phi) is 3.48. The van der Waals surface area contributed by atoms with Crippen LogP contribution in [0.25, 0.3) is 0 Å². The number of hydrogen-bond donors (Lipinski definition) is 1. The lowest BCUT2D eigenvalue weighted by Gasteiger charge is -2.41. The van der Waals surface area contributed by atoms with Crippen molar-refractivity contribution in [3.05, 3.63) is 0 Å². The summed E-state index contributed by atoms with van der Waals surface area (Å²) in [5.41, 5.74) is 0.489. The Morgan fingerprint density at radius 1 is 0.929 bits per heavy atom. The van der Waals surface area contributed by atoms with Gasteiger partial charge in [-0.15, -0.1) is 0 Å². The van der Waals surface area contributed by atoms with Gasteiger partial charge in [-0.05, 0) is 45.1 Å². The first-order valence-electron chi connectivity index (χ1n) is 6.56. The second-order valence-corrected chi connectivity index (χ2v) is 5.49. The van der Waals surface area contributed by atoms with Gasteiger partial charge < -0.3 is 5.32 Å². The van der Waals surface area contributed by atoms with Crippen LogP contribution in [0.2, 0.25) is 0 Å². The summed E-state index contributed by atoms with van der Waals surface area (Å²) in [5, 5.41) is 3.79. The lowest BCUT2D eigenvalue weighted by Crippen LogP contribution is -2.51. The number of hydrogen-bond acceptors (Lipinski definition) is 1. The molecule has 0 amide bonds. The molecule has 82 valence electrons. The highest BCUT2D eigenvalue weighted by Crippen LogP contribution is 2.36. The van der Waals surface area contributed by atoms with Crippen LogP contribution < -0.4 is 5.32 Å². The Labute approximate surface area is 88.7 Å². The molecule has 0 radical (unpaired) electrons. The van der Waals surface area contributed by atoms with E-state index in [0.29, 0.717) is 5.54 Å². The van der Waals surface area contributed by atoms with Gasteiger partial charge in [0, 0.05) is 5.54 Å². The predicted octanol–water partition coefficient (Wildman–Crippen LogP) is 3.49. The highest BCUT2D eigenvalue weighted by atomic mass is 15.0. The number of piperidine rings is 1. The summed E-state index contributed by atoms with van der Waals surface area (Å²) in [6.07, 6.45) is 13.1. The van der Waals surface area contributed by atoms with Crippen molar-refractivity contribution in [1.82, 2.24) is 5.32 Å². The zero-order valence-electron chi connectivity index (χ0n) is 9.65. The van der Waals surface area contributed by atoms with Crippen LogP contribution in [0.3, 0.4) is 0 Å². The first-order valence-corrected chi connectivity index (χ1v) is 6.56. The molecule has 1 N–H and O–H groups in total. The van der Waals surface area contributed by atoms with Gasteiger partial charge in [0.1, 0.15) is 0 Å². The Bertz CT molecular complexity index is 162. The summed E-state index contributed by atoms with van der Waals surface area (Å²) in [5.74, 6) is 0.963. The number of nitrogens with one attached hydrogen (secondary N) is 1. The molecule has 2 fully saturated rings. The van der Waals surface area contributed by atoms with Crippen LogP contribution >= 0.6 is 0 Å². The highest BCUT2D eigenvalue weighted by Gasteiger charge is 2.34. The SMILES string of the molecule is CC1(C2CCCCCC2)CCCCN1. The summed E-state index contributed by atoms with van der Waals surface area (Å²) in [4.78, 5) is 0. The largest absolute Gasteiger partial charge is 0.311 e. The van der Waals surface area contributed by atoms with E-state index in [1.54, 1.807) is 0 Å². The van der Waals surface area contributed by atoms with Gasteiger partial charge in [0.25, 0.3) is 0 Å². The molecule has 14 heavy (non-hydrogen) atoms. The maximum Gasteiger partial charge on any atom is 0.0181 e. The zero-order chi connectivity index (χ0) is 9.86. The van der Waals surface area contributed by atoms with E-state index in [2.05, 4.69) is 12.2 Å². The van der Waals surface area contributed by atoms with E-state index < -0.39 is 0 Å². The minimum Gasteiger partial charge on any atom is -0.311 e. The van der Waals surface area contributed by atoms with Gasteiger partial charge in [0.15, 0.2) is 0 Å². The molecule has 1 heterocycles. The molecular weight excluding hydrogens is 170 g/mol. The van der Waals surface area contributed by atoms with Crippen molar-refractivity contribution in [2.75, 3.05) is 6.54 Å². The normalized spacial score (nSPS) is 36.6. The molecule has 1 heteroatoms. The second-order valence-electron chi connectivity index (χ2n) is 5.49. The Hall–Kier alpha value is -0.0400. The molecule has 2 aliphatic rings. The van der Waals surface area contributed by atoms with E-state index >= 15 is 0 Å². The third kappa shape index (κ3) is 2.31. The zero-order valence-corrected chi connectivity index (χ0v) is 9.65. The monoisotopic (exact) mass is 195 g/mol. The Morgan fingerprint density at radius 2 is 1.64 bits per heavy atom. The fraction of sp³-hybridized carbons (Fsp3) is 1.00. The predicted molar refractivity (Wildman–Crippen MR) is 61.5 cm³/mol. The molecule has 1 aliphatic heterocycles. The molecule has 1 nitrogen and oxygen atoms in total. The van der Waals surface area contributed by atoms with Crippen LogP contribution in [0, 0.1) is 5.92 Å². The average Bonchev–Trinajstić information content (AvgIpc) is 2.47. The third-order valence-electron chi connectivity index (χ3n) is 4.41. The van der Waals surface area contributed by atoms with Crippen molar-refractivity contribution in [2.45, 2.75) is 70.3 Å². The van der Waals surface area contributed by atoms with E-state index in [4.69, 9.17) is 0 Å². The van der Waals surface area contributed by atoms with Crippen molar-refractivity contribution >= 4 is 0 Å². The van der Waals surface area contributed by atoms with Crippen LogP contribution in [0.15, 0.2) is 0 Å². The quantitative estimate of drug-likeness (QED) is 0.632. The smallest absolute Gasteiger partial charge is 0.0181 e. The Balaban J connectivity index is 1.95. The molecule has 1 saturated heterocycles. The molecule has 0 aromatic heterocycles. The topological polar surface area (TPSA) is 12.0 Å². The fourth-order valence-electron chi connectivity index (χ4n) is 3.34. The van der Waals surface area contributed by atoms with Gasteiger partial charge in [-0.1, -0.05) is 32.1 Å². The first kappa shape index (κ1) is 10.5. The van der Waals surface area contributed by atoms with E-state index in [9.17, 15) is 0 Å². The molecule has 0 aromatic carbocycles. The summed E-state index contributed by atoms with van der Waals surface area (Å²) in [6.45, 7) is 3.73. The van der Waals surface area contributed by atoms with Crippen LogP contribution in [0.5, 0.6) is 0 Å². The minimum atomic E-state index is 0.489. The van der Waals surface area contributed by atoms with Crippen LogP contribution in [-0.4, -0.2) is 12.1 Å². The first-order chi connectivity index (χ1) is 6.81. The second kappa shape index (κ2) is 4.65. The molecule has 1 atom stereocenters. The van der Waals surface area contributed by atoms with E-state index in [0.717, 1.165) is 5.92 Å². The molecule has 1 aliphatic carbocycles. The standard InChI is InChI=1S/C13H25N/c1-13(10-6-7-11-14-13)12-8-4-2-3-5-9-12/h12,14H,2-11H2,1H3. The maximum atomic E-state index is 3.79. The van der Waals surface area contributed by atoms with Gasteiger partial charge >= 0.3 is 0 Å². The van der Waals surface area contributed by atoms with Gasteiger partial charge in [0.2, 0.25) is 0 Å². The Morgan fingerprint density at radius 3 is 2.21 bits per heavy atom. The lowest BCUT2D eigenvalue weighted by atomic mass is 9.75. The van der Waals surface area contributed by atoms with Crippen LogP contribution in [-0.2, 0) is 0 Å². The average molecular weight is 195 g/mol. The summed E-state index contributed by atoms with van der Waals surface area (Å²) in [7, 11) is 0. The van der Waals surface area contributed by atoms with Crippen molar-refractivity contribution in [3.63, 3.8) is 0 Å². The minimum absolute atomic E-state index is 0.489. The van der Waals surface area contributed by atoms with Crippen molar-refractivity contribution < 1.29 is 0 Å². The summed E-state index contributed by atoms with van der Waals surface area (Å²) >= 11 is 0. The van der Waals surface area contributed by atoms with Gasteiger partial charge in [-0.25, -0.2) is 0 Å². The van der Waals surface area contributed by atoms with Crippen LogP contribution in [0.1, 0.15) is 64.7 Å². The molecular formula is C13H25N. The van der Waals surface area contributed by atoms with E-state index in [-0.39, 0.29) is 0 Å². The van der Waals surface area contributed by atoms with Crippen LogP contribution in [0.4, 0.5) is 0 Å². The van der Waals surface area contributed by atoms with Crippen molar-refractivity contribution in [1.29, 1.82) is 0 Å². The number of rotatable bonds is 1. The van der Waals surface area contributed by atoms with Gasteiger partial charge in [0.05, 0.1) is 0 Å². The van der Waals surface area contributed by atoms with Crippen molar-refractivity contribution in [2.24, 2.45) is 5.92 Å². The maximum absolute atomic E-state index is 3.79. The molecule has 0 aromatic rings. The van der Waals surface area contributed by atoms with Gasteiger partial charge in [-0.3, -0.25) is 0 Å². The highest BCUT2D eigenvalue weighted by molar-refractivity contribution is 4.93. The molecule has 1 saturated carbocycles. The fourth-order valence-corrected chi connectivity index (χ4v) is 3.34. The third-order valence-corrected chi connectivity index (χ3v) is 4.41.